The molecule has 0 spiro atoms. The van der Waals surface area contributed by atoms with Crippen LogP contribution in [0.25, 0.3) is 0 Å². The number of rotatable bonds is 7. The SMILES string of the molecule is O=C(O)CCc1cccc(NC(=O)CCc2ccsc2)c1. The third kappa shape index (κ3) is 5.39. The standard InChI is InChI=1S/C16H17NO3S/c18-15(6-4-13-8-9-21-11-13)17-14-3-1-2-12(10-14)5-7-16(19)20/h1-3,8-11H,4-7H2,(H,17,18)(H,19,20). The highest BCUT2D eigenvalue weighted by atomic mass is 32.1. The van der Waals surface area contributed by atoms with E-state index < -0.39 is 5.97 Å². The highest BCUT2D eigenvalue weighted by Crippen LogP contribution is 2.14. The van der Waals surface area contributed by atoms with Crippen molar-refractivity contribution in [3.8, 4) is 0 Å². The molecule has 2 rings (SSSR count). The first-order chi connectivity index (χ1) is 10.1. The predicted octanol–water partition coefficient (Wildman–Crippen LogP) is 3.34. The van der Waals surface area contributed by atoms with Crippen LogP contribution in [0.15, 0.2) is 41.1 Å². The summed E-state index contributed by atoms with van der Waals surface area (Å²) < 4.78 is 0. The molecule has 0 atom stereocenters. The Morgan fingerprint density at radius 3 is 2.62 bits per heavy atom. The van der Waals surface area contributed by atoms with E-state index in [-0.39, 0.29) is 12.3 Å². The second kappa shape index (κ2) is 7.59. The van der Waals surface area contributed by atoms with Gasteiger partial charge in [0, 0.05) is 18.5 Å². The van der Waals surface area contributed by atoms with Crippen LogP contribution < -0.4 is 5.32 Å². The van der Waals surface area contributed by atoms with Crippen molar-refractivity contribution in [2.24, 2.45) is 0 Å². The Bertz CT molecular complexity index is 608. The molecule has 21 heavy (non-hydrogen) atoms. The normalized spacial score (nSPS) is 10.3. The molecule has 0 bridgehead atoms. The number of hydrogen-bond acceptors (Lipinski definition) is 3. The molecular formula is C16H17NO3S. The van der Waals surface area contributed by atoms with Crippen LogP contribution in [0.2, 0.25) is 0 Å². The van der Waals surface area contributed by atoms with Crippen molar-refractivity contribution in [2.45, 2.75) is 25.7 Å². The van der Waals surface area contributed by atoms with Gasteiger partial charge >= 0.3 is 5.97 Å². The summed E-state index contributed by atoms with van der Waals surface area (Å²) in [5.74, 6) is -0.850. The van der Waals surface area contributed by atoms with Gasteiger partial charge in [0.2, 0.25) is 5.91 Å². The van der Waals surface area contributed by atoms with E-state index in [9.17, 15) is 9.59 Å². The molecule has 0 aliphatic carbocycles. The first kappa shape index (κ1) is 15.3. The summed E-state index contributed by atoms with van der Waals surface area (Å²) in [4.78, 5) is 22.4. The first-order valence-electron chi connectivity index (χ1n) is 6.75. The summed E-state index contributed by atoms with van der Waals surface area (Å²) in [5, 5.41) is 15.6. The Morgan fingerprint density at radius 2 is 1.90 bits per heavy atom. The van der Waals surface area contributed by atoms with Crippen molar-refractivity contribution in [1.29, 1.82) is 0 Å². The van der Waals surface area contributed by atoms with Gasteiger partial charge in [0.15, 0.2) is 0 Å². The molecule has 0 aliphatic heterocycles. The molecule has 1 amide bonds. The largest absolute Gasteiger partial charge is 0.481 e. The minimum absolute atomic E-state index is 0.0309. The zero-order valence-corrected chi connectivity index (χ0v) is 12.4. The van der Waals surface area contributed by atoms with Gasteiger partial charge < -0.3 is 10.4 Å². The lowest BCUT2D eigenvalue weighted by Crippen LogP contribution is -2.12. The molecule has 0 aliphatic rings. The molecule has 1 aromatic heterocycles. The van der Waals surface area contributed by atoms with Crippen LogP contribution in [0.4, 0.5) is 5.69 Å². The van der Waals surface area contributed by atoms with Gasteiger partial charge in [-0.25, -0.2) is 0 Å². The van der Waals surface area contributed by atoms with Gasteiger partial charge in [0.25, 0.3) is 0 Å². The highest BCUT2D eigenvalue weighted by molar-refractivity contribution is 7.07. The van der Waals surface area contributed by atoms with Crippen LogP contribution >= 0.6 is 11.3 Å². The van der Waals surface area contributed by atoms with Crippen LogP contribution in [-0.4, -0.2) is 17.0 Å². The smallest absolute Gasteiger partial charge is 0.303 e. The number of amides is 1. The number of benzene rings is 1. The average Bonchev–Trinajstić information content (AvgIpc) is 2.97. The lowest BCUT2D eigenvalue weighted by Gasteiger charge is -2.07. The average molecular weight is 303 g/mol. The fourth-order valence-corrected chi connectivity index (χ4v) is 2.68. The summed E-state index contributed by atoms with van der Waals surface area (Å²) in [7, 11) is 0. The third-order valence-corrected chi connectivity index (χ3v) is 3.79. The maximum absolute atomic E-state index is 11.9. The number of carboxylic acids is 1. The van der Waals surface area contributed by atoms with Crippen LogP contribution in [0.5, 0.6) is 0 Å². The Morgan fingerprint density at radius 1 is 1.10 bits per heavy atom. The number of aryl methyl sites for hydroxylation is 2. The van der Waals surface area contributed by atoms with Gasteiger partial charge in [-0.1, -0.05) is 12.1 Å². The van der Waals surface area contributed by atoms with Gasteiger partial charge in [-0.05, 0) is 52.9 Å². The van der Waals surface area contributed by atoms with E-state index in [1.165, 1.54) is 5.56 Å². The van der Waals surface area contributed by atoms with Gasteiger partial charge in [0.05, 0.1) is 0 Å². The molecule has 1 aromatic carbocycles. The highest BCUT2D eigenvalue weighted by Gasteiger charge is 2.05. The first-order valence-corrected chi connectivity index (χ1v) is 7.69. The third-order valence-electron chi connectivity index (χ3n) is 3.06. The molecule has 0 saturated heterocycles. The van der Waals surface area contributed by atoms with Crippen LogP contribution in [0.3, 0.4) is 0 Å². The summed E-state index contributed by atoms with van der Waals surface area (Å²) in [6.07, 6.45) is 1.73. The summed E-state index contributed by atoms with van der Waals surface area (Å²) in [5.41, 5.74) is 2.80. The molecular weight excluding hydrogens is 286 g/mol. The zero-order chi connectivity index (χ0) is 15.1. The van der Waals surface area contributed by atoms with Gasteiger partial charge in [-0.15, -0.1) is 0 Å². The van der Waals surface area contributed by atoms with Gasteiger partial charge in [-0.3, -0.25) is 9.59 Å². The number of thiophene rings is 1. The van der Waals surface area contributed by atoms with E-state index in [0.29, 0.717) is 18.5 Å². The Labute approximate surface area is 127 Å². The number of carboxylic acid groups (broad SMARTS) is 1. The van der Waals surface area contributed by atoms with Crippen molar-refractivity contribution < 1.29 is 14.7 Å². The van der Waals surface area contributed by atoms with E-state index >= 15 is 0 Å². The van der Waals surface area contributed by atoms with E-state index in [4.69, 9.17) is 5.11 Å². The van der Waals surface area contributed by atoms with E-state index in [1.807, 2.05) is 41.1 Å². The molecule has 4 nitrogen and oxygen atoms in total. The number of carbonyl (C=O) groups is 2. The molecule has 110 valence electrons. The minimum atomic E-state index is -0.819. The monoisotopic (exact) mass is 303 g/mol. The molecule has 0 saturated carbocycles. The maximum atomic E-state index is 11.9. The van der Waals surface area contributed by atoms with E-state index in [0.717, 1.165) is 12.0 Å². The minimum Gasteiger partial charge on any atom is -0.481 e. The van der Waals surface area contributed by atoms with Gasteiger partial charge in [-0.2, -0.15) is 11.3 Å². The maximum Gasteiger partial charge on any atom is 0.303 e. The second-order valence-corrected chi connectivity index (χ2v) is 5.55. The van der Waals surface area contributed by atoms with E-state index in [2.05, 4.69) is 5.32 Å². The van der Waals surface area contributed by atoms with Crippen molar-refractivity contribution in [3.63, 3.8) is 0 Å². The van der Waals surface area contributed by atoms with Crippen molar-refractivity contribution in [3.05, 3.63) is 52.2 Å². The zero-order valence-electron chi connectivity index (χ0n) is 11.5. The fraction of sp³-hybridized carbons (Fsp3) is 0.250. The summed E-state index contributed by atoms with van der Waals surface area (Å²) in [6.45, 7) is 0. The lowest BCUT2D eigenvalue weighted by atomic mass is 10.1. The van der Waals surface area contributed by atoms with Gasteiger partial charge in [0.1, 0.15) is 0 Å². The molecule has 2 N–H and O–H groups in total. The van der Waals surface area contributed by atoms with Crippen LogP contribution in [-0.2, 0) is 22.4 Å². The van der Waals surface area contributed by atoms with Crippen molar-refractivity contribution in [1.82, 2.24) is 0 Å². The lowest BCUT2D eigenvalue weighted by molar-refractivity contribution is -0.137. The summed E-state index contributed by atoms with van der Waals surface area (Å²) in [6, 6.07) is 9.35. The fourth-order valence-electron chi connectivity index (χ4n) is 1.97. The Hall–Kier alpha value is -2.14. The number of aliphatic carboxylic acids is 1. The molecule has 0 fully saturated rings. The molecule has 0 radical (unpaired) electrons. The molecule has 1 heterocycles. The topological polar surface area (TPSA) is 66.4 Å². The Kier molecular flexibility index (Phi) is 5.51. The second-order valence-electron chi connectivity index (χ2n) is 4.77. The molecule has 2 aromatic rings. The number of hydrogen-bond donors (Lipinski definition) is 2. The van der Waals surface area contributed by atoms with E-state index in [1.54, 1.807) is 11.3 Å². The number of nitrogens with one attached hydrogen (secondary N) is 1. The molecule has 5 heteroatoms. The number of carbonyl (C=O) groups excluding carboxylic acids is 1. The quantitative estimate of drug-likeness (QED) is 0.824. The van der Waals surface area contributed by atoms with Crippen LogP contribution in [0.1, 0.15) is 24.0 Å². The van der Waals surface area contributed by atoms with Crippen molar-refractivity contribution >= 4 is 28.9 Å². The predicted molar refractivity (Wildman–Crippen MR) is 83.7 cm³/mol. The molecule has 0 unspecified atom stereocenters. The summed E-state index contributed by atoms with van der Waals surface area (Å²) >= 11 is 1.63. The van der Waals surface area contributed by atoms with Crippen LogP contribution in [0, 0.1) is 0 Å². The number of anilines is 1. The van der Waals surface area contributed by atoms with Crippen molar-refractivity contribution in [2.75, 3.05) is 5.32 Å². The Balaban J connectivity index is 1.85.